The SMILES string of the molecule is C=C(F)C(=O)N1CCC2[C@H]1CN2c1nc(OC[C@@H]2C[C@@H](F)CN2C)nc2cc(-c3cccc4ccc(F)c(Cl)c34)c(F)cc12. The quantitative estimate of drug-likeness (QED) is 0.191. The van der Waals surface area contributed by atoms with Crippen LogP contribution in [0.2, 0.25) is 5.02 Å². The molecular weight excluding hydrogens is 598 g/mol. The number of nitrogens with zero attached hydrogens (tertiary/aromatic N) is 5. The van der Waals surface area contributed by atoms with Crippen LogP contribution in [-0.4, -0.2) is 83.3 Å². The van der Waals surface area contributed by atoms with E-state index in [2.05, 4.69) is 16.5 Å². The van der Waals surface area contributed by atoms with E-state index >= 15 is 4.39 Å². The largest absolute Gasteiger partial charge is 0.462 e. The van der Waals surface area contributed by atoms with E-state index in [0.717, 1.165) is 0 Å². The molecule has 0 aliphatic carbocycles. The number of alkyl halides is 1. The van der Waals surface area contributed by atoms with Crippen molar-refractivity contribution in [3.05, 3.63) is 71.5 Å². The molecule has 0 bridgehead atoms. The van der Waals surface area contributed by atoms with Crippen LogP contribution >= 0.6 is 11.6 Å². The van der Waals surface area contributed by atoms with E-state index in [0.29, 0.717) is 65.5 Å². The van der Waals surface area contributed by atoms with Gasteiger partial charge in [0.1, 0.15) is 30.2 Å². The van der Waals surface area contributed by atoms with E-state index in [1.807, 2.05) is 16.8 Å². The van der Waals surface area contributed by atoms with Crippen molar-refractivity contribution in [2.24, 2.45) is 0 Å². The number of likely N-dealkylation sites (N-methyl/N-ethyl adjacent to an activating group) is 1. The van der Waals surface area contributed by atoms with Gasteiger partial charge in [0.15, 0.2) is 5.83 Å². The summed E-state index contributed by atoms with van der Waals surface area (Å²) in [5.74, 6) is -2.54. The molecule has 3 saturated heterocycles. The number of rotatable bonds is 6. The van der Waals surface area contributed by atoms with Gasteiger partial charge in [-0.05, 0) is 49.0 Å². The van der Waals surface area contributed by atoms with Crippen molar-refractivity contribution in [3.8, 4) is 17.1 Å². The number of benzene rings is 3. The fourth-order valence-corrected chi connectivity index (χ4v) is 7.06. The second-order valence-electron chi connectivity index (χ2n) is 11.7. The monoisotopic (exact) mass is 625 g/mol. The zero-order chi connectivity index (χ0) is 30.9. The lowest BCUT2D eigenvalue weighted by atomic mass is 9.94. The Bertz CT molecular complexity index is 1840. The number of aromatic nitrogens is 2. The Morgan fingerprint density at radius 3 is 2.66 bits per heavy atom. The summed E-state index contributed by atoms with van der Waals surface area (Å²) in [7, 11) is 1.83. The molecule has 1 unspecified atom stereocenters. The Kier molecular flexibility index (Phi) is 7.12. The Balaban J connectivity index is 1.31. The van der Waals surface area contributed by atoms with Crippen LogP contribution in [0.4, 0.5) is 23.4 Å². The number of hydrogen-bond acceptors (Lipinski definition) is 6. The molecule has 0 N–H and O–H groups in total. The van der Waals surface area contributed by atoms with Gasteiger partial charge in [0, 0.05) is 42.0 Å². The zero-order valence-corrected chi connectivity index (χ0v) is 24.5. The van der Waals surface area contributed by atoms with Crippen molar-refractivity contribution in [1.29, 1.82) is 0 Å². The molecule has 3 aliphatic heterocycles. The van der Waals surface area contributed by atoms with Gasteiger partial charge in [-0.3, -0.25) is 9.69 Å². The summed E-state index contributed by atoms with van der Waals surface area (Å²) >= 11 is 6.36. The molecule has 3 fully saturated rings. The van der Waals surface area contributed by atoms with Crippen LogP contribution in [0, 0.1) is 11.6 Å². The molecular formula is C32H28ClF4N5O2. The summed E-state index contributed by atoms with van der Waals surface area (Å²) in [4.78, 5) is 26.9. The van der Waals surface area contributed by atoms with Crippen LogP contribution in [0.15, 0.2) is 54.9 Å². The van der Waals surface area contributed by atoms with Crippen LogP contribution in [0.3, 0.4) is 0 Å². The van der Waals surface area contributed by atoms with E-state index in [1.54, 1.807) is 30.3 Å². The van der Waals surface area contributed by atoms with Crippen molar-refractivity contribution >= 4 is 45.0 Å². The predicted octanol–water partition coefficient (Wildman–Crippen LogP) is 6.08. The van der Waals surface area contributed by atoms with E-state index < -0.39 is 29.5 Å². The van der Waals surface area contributed by atoms with Gasteiger partial charge in [0.2, 0.25) is 0 Å². The Labute approximate surface area is 255 Å². The third kappa shape index (κ3) is 4.73. The third-order valence-corrected chi connectivity index (χ3v) is 9.44. The smallest absolute Gasteiger partial charge is 0.319 e. The minimum atomic E-state index is -1.01. The molecule has 7 nitrogen and oxygen atoms in total. The molecule has 1 amide bonds. The highest BCUT2D eigenvalue weighted by atomic mass is 35.5. The van der Waals surface area contributed by atoms with Gasteiger partial charge in [-0.25, -0.2) is 17.6 Å². The van der Waals surface area contributed by atoms with Crippen molar-refractivity contribution in [2.75, 3.05) is 38.2 Å². The number of anilines is 1. The van der Waals surface area contributed by atoms with Gasteiger partial charge in [-0.1, -0.05) is 42.4 Å². The normalized spacial score (nSPS) is 23.3. The number of carbonyl (C=O) groups is 1. The number of likely N-dealkylation sites (tertiary alicyclic amines) is 2. The number of halogens is 5. The molecule has 0 spiro atoms. The van der Waals surface area contributed by atoms with Gasteiger partial charge >= 0.3 is 6.01 Å². The third-order valence-electron chi connectivity index (χ3n) is 9.07. The maximum Gasteiger partial charge on any atom is 0.319 e. The van der Waals surface area contributed by atoms with E-state index in [1.165, 1.54) is 17.0 Å². The molecule has 4 heterocycles. The Morgan fingerprint density at radius 1 is 1.09 bits per heavy atom. The van der Waals surface area contributed by atoms with Crippen LogP contribution in [0.25, 0.3) is 32.8 Å². The molecule has 7 rings (SSSR count). The van der Waals surface area contributed by atoms with Crippen molar-refractivity contribution in [2.45, 2.75) is 37.1 Å². The summed E-state index contributed by atoms with van der Waals surface area (Å²) < 4.78 is 64.1. The molecule has 4 atom stereocenters. The predicted molar refractivity (Wildman–Crippen MR) is 160 cm³/mol. The van der Waals surface area contributed by atoms with Crippen LogP contribution in [-0.2, 0) is 4.79 Å². The maximum atomic E-state index is 16.0. The van der Waals surface area contributed by atoms with Crippen LogP contribution < -0.4 is 9.64 Å². The standard InChI is InChI=1S/C32H28ClF4N5O2/c1-16(34)31(43)41-9-8-26-27(41)14-42(26)30-22-11-24(37)21(20-5-3-4-17-6-7-23(36)29(33)28(17)20)12-25(22)38-32(39-30)44-15-19-10-18(35)13-40(19)2/h3-7,11-12,18-19,26-27H,1,8-10,13-15H2,2H3/t18-,19+,26?,27-/m1/s1. The lowest BCUT2D eigenvalue weighted by Crippen LogP contribution is -2.63. The molecule has 0 saturated carbocycles. The second-order valence-corrected chi connectivity index (χ2v) is 12.0. The first-order chi connectivity index (χ1) is 21.1. The number of ether oxygens (including phenoxy) is 1. The second kappa shape index (κ2) is 10.9. The first-order valence-corrected chi connectivity index (χ1v) is 14.8. The summed E-state index contributed by atoms with van der Waals surface area (Å²) in [6.45, 7) is 4.32. The highest BCUT2D eigenvalue weighted by Gasteiger charge is 2.50. The number of carbonyl (C=O) groups excluding carboxylic acids is 1. The average Bonchev–Trinajstić information content (AvgIpc) is 3.49. The number of fused-ring (bicyclic) bond motifs is 3. The Hall–Kier alpha value is -3.96. The summed E-state index contributed by atoms with van der Waals surface area (Å²) in [5.41, 5.74) is 0.944. The van der Waals surface area contributed by atoms with Crippen LogP contribution in [0.5, 0.6) is 6.01 Å². The summed E-state index contributed by atoms with van der Waals surface area (Å²) in [5, 5.41) is 1.32. The number of amides is 1. The first-order valence-electron chi connectivity index (χ1n) is 14.4. The molecule has 0 radical (unpaired) electrons. The highest BCUT2D eigenvalue weighted by Crippen LogP contribution is 2.42. The lowest BCUT2D eigenvalue weighted by molar-refractivity contribution is -0.130. The van der Waals surface area contributed by atoms with Crippen molar-refractivity contribution in [1.82, 2.24) is 19.8 Å². The van der Waals surface area contributed by atoms with E-state index in [-0.39, 0.29) is 41.3 Å². The van der Waals surface area contributed by atoms with Gasteiger partial charge < -0.3 is 14.5 Å². The van der Waals surface area contributed by atoms with Crippen LogP contribution in [0.1, 0.15) is 12.8 Å². The minimum absolute atomic E-state index is 0.0364. The van der Waals surface area contributed by atoms with E-state index in [9.17, 15) is 18.0 Å². The summed E-state index contributed by atoms with van der Waals surface area (Å²) in [6, 6.07) is 10.4. The molecule has 3 aromatic carbocycles. The first kappa shape index (κ1) is 28.8. The fraction of sp³-hybridized carbons (Fsp3) is 0.344. The highest BCUT2D eigenvalue weighted by molar-refractivity contribution is 6.37. The lowest BCUT2D eigenvalue weighted by Gasteiger charge is -2.47. The topological polar surface area (TPSA) is 61.8 Å². The fourth-order valence-electron chi connectivity index (χ4n) is 6.78. The van der Waals surface area contributed by atoms with Gasteiger partial charge in [-0.15, -0.1) is 0 Å². The number of hydrogen-bond donors (Lipinski definition) is 0. The van der Waals surface area contributed by atoms with Gasteiger partial charge in [0.05, 0.1) is 22.6 Å². The van der Waals surface area contributed by atoms with Crippen molar-refractivity contribution in [3.63, 3.8) is 0 Å². The molecule has 3 aliphatic rings. The molecule has 228 valence electrons. The molecule has 12 heteroatoms. The van der Waals surface area contributed by atoms with Crippen molar-refractivity contribution < 1.29 is 27.1 Å². The zero-order valence-electron chi connectivity index (χ0n) is 23.7. The van der Waals surface area contributed by atoms with Gasteiger partial charge in [0.25, 0.3) is 5.91 Å². The molecule has 1 aromatic heterocycles. The minimum Gasteiger partial charge on any atom is -0.462 e. The summed E-state index contributed by atoms with van der Waals surface area (Å²) in [6.07, 6.45) is -0.0582. The Morgan fingerprint density at radius 2 is 1.91 bits per heavy atom. The van der Waals surface area contributed by atoms with E-state index in [4.69, 9.17) is 16.3 Å². The van der Waals surface area contributed by atoms with Gasteiger partial charge in [-0.2, -0.15) is 9.97 Å². The molecule has 44 heavy (non-hydrogen) atoms. The average molecular weight is 626 g/mol. The molecule has 4 aromatic rings. The maximum absolute atomic E-state index is 16.0.